The van der Waals surface area contributed by atoms with Crippen molar-refractivity contribution >= 4 is 34.1 Å². The molecule has 9 heteroatoms. The van der Waals surface area contributed by atoms with Gasteiger partial charge in [0.25, 0.3) is 11.8 Å². The molecule has 2 rings (SSSR count). The van der Waals surface area contributed by atoms with Crippen molar-refractivity contribution in [1.29, 1.82) is 0 Å². The quantitative estimate of drug-likeness (QED) is 0.799. The number of carbonyl (C=O) groups is 3. The van der Waals surface area contributed by atoms with Gasteiger partial charge in [0.15, 0.2) is 0 Å². The molecule has 0 aliphatic heterocycles. The molecule has 0 bridgehead atoms. The smallest absolute Gasteiger partial charge is 0.341 e. The first-order chi connectivity index (χ1) is 10.9. The molecule has 0 aliphatic carbocycles. The molecule has 2 amide bonds. The summed E-state index contributed by atoms with van der Waals surface area (Å²) in [5, 5.41) is 6.75. The summed E-state index contributed by atoms with van der Waals surface area (Å²) in [4.78, 5) is 36.1. The van der Waals surface area contributed by atoms with E-state index in [-0.39, 0.29) is 22.0 Å². The number of nitrogens with one attached hydrogen (secondary N) is 1. The Morgan fingerprint density at radius 2 is 2.13 bits per heavy atom. The van der Waals surface area contributed by atoms with Crippen LogP contribution in [0.15, 0.2) is 12.3 Å². The van der Waals surface area contributed by atoms with Crippen molar-refractivity contribution in [3.8, 4) is 0 Å². The molecule has 0 radical (unpaired) electrons. The van der Waals surface area contributed by atoms with Crippen molar-refractivity contribution in [3.63, 3.8) is 0 Å². The topological polar surface area (TPSA) is 116 Å². The molecule has 0 fully saturated rings. The highest BCUT2D eigenvalue weighted by atomic mass is 32.1. The Morgan fingerprint density at radius 3 is 2.65 bits per heavy atom. The zero-order valence-corrected chi connectivity index (χ0v) is 13.7. The van der Waals surface area contributed by atoms with Gasteiger partial charge in [-0.15, -0.1) is 11.3 Å². The number of hydrogen-bond donors (Lipinski definition) is 2. The number of aryl methyl sites for hydroxylation is 1. The summed E-state index contributed by atoms with van der Waals surface area (Å²) in [7, 11) is 1.62. The van der Waals surface area contributed by atoms with E-state index < -0.39 is 17.8 Å². The molecular formula is C14H16N4O4S. The zero-order valence-electron chi connectivity index (χ0n) is 12.9. The molecule has 2 aromatic heterocycles. The van der Waals surface area contributed by atoms with Gasteiger partial charge >= 0.3 is 5.97 Å². The molecule has 23 heavy (non-hydrogen) atoms. The van der Waals surface area contributed by atoms with E-state index in [9.17, 15) is 14.4 Å². The number of carbonyl (C=O) groups excluding carboxylic acids is 3. The number of ether oxygens (including phenoxy) is 1. The van der Waals surface area contributed by atoms with Crippen LogP contribution in [0, 0.1) is 6.92 Å². The monoisotopic (exact) mass is 336 g/mol. The van der Waals surface area contributed by atoms with Gasteiger partial charge in [-0.25, -0.2) is 4.79 Å². The van der Waals surface area contributed by atoms with Crippen LogP contribution in [0.5, 0.6) is 0 Å². The third kappa shape index (κ3) is 3.24. The lowest BCUT2D eigenvalue weighted by Crippen LogP contribution is -2.17. The Bertz CT molecular complexity index is 778. The van der Waals surface area contributed by atoms with E-state index in [1.165, 1.54) is 16.9 Å². The number of hydrogen-bond acceptors (Lipinski definition) is 6. The van der Waals surface area contributed by atoms with Crippen LogP contribution in [0.3, 0.4) is 0 Å². The van der Waals surface area contributed by atoms with E-state index in [2.05, 4.69) is 10.4 Å². The molecular weight excluding hydrogens is 320 g/mol. The highest BCUT2D eigenvalue weighted by Crippen LogP contribution is 2.33. The van der Waals surface area contributed by atoms with Crippen LogP contribution >= 0.6 is 11.3 Å². The minimum Gasteiger partial charge on any atom is -0.462 e. The van der Waals surface area contributed by atoms with Gasteiger partial charge in [-0.3, -0.25) is 14.3 Å². The van der Waals surface area contributed by atoms with Gasteiger partial charge in [-0.1, -0.05) is 0 Å². The predicted molar refractivity (Wildman–Crippen MR) is 84.7 cm³/mol. The highest BCUT2D eigenvalue weighted by molar-refractivity contribution is 7.18. The van der Waals surface area contributed by atoms with E-state index in [0.29, 0.717) is 11.3 Å². The average molecular weight is 336 g/mol. The molecule has 0 saturated heterocycles. The molecule has 3 N–H and O–H groups in total. The fourth-order valence-corrected chi connectivity index (χ4v) is 3.09. The first kappa shape index (κ1) is 16.7. The molecule has 0 aliphatic rings. The number of amides is 2. The van der Waals surface area contributed by atoms with Crippen LogP contribution in [0.25, 0.3) is 0 Å². The Balaban J connectivity index is 2.42. The van der Waals surface area contributed by atoms with Gasteiger partial charge in [0.05, 0.1) is 17.0 Å². The third-order valence-electron chi connectivity index (χ3n) is 3.13. The minimum atomic E-state index is -0.668. The molecule has 2 heterocycles. The lowest BCUT2D eigenvalue weighted by atomic mass is 10.1. The minimum absolute atomic E-state index is 0.140. The van der Waals surface area contributed by atoms with Crippen molar-refractivity contribution in [2.75, 3.05) is 11.9 Å². The largest absolute Gasteiger partial charge is 0.462 e. The second-order valence-electron chi connectivity index (χ2n) is 4.64. The van der Waals surface area contributed by atoms with Gasteiger partial charge in [0.1, 0.15) is 10.7 Å². The molecule has 2 aromatic rings. The van der Waals surface area contributed by atoms with Gasteiger partial charge in [-0.05, 0) is 25.5 Å². The summed E-state index contributed by atoms with van der Waals surface area (Å²) in [6.07, 6.45) is 1.48. The van der Waals surface area contributed by atoms with Crippen molar-refractivity contribution in [2.45, 2.75) is 13.8 Å². The number of primary amides is 1. The number of nitrogens with zero attached hydrogens (tertiary/aromatic N) is 2. The summed E-state index contributed by atoms with van der Waals surface area (Å²) in [6.45, 7) is 3.43. The molecule has 0 saturated carbocycles. The normalized spacial score (nSPS) is 10.4. The van der Waals surface area contributed by atoms with Crippen LogP contribution in [-0.4, -0.2) is 34.2 Å². The van der Waals surface area contributed by atoms with Crippen LogP contribution in [-0.2, 0) is 11.8 Å². The zero-order chi connectivity index (χ0) is 17.1. The SMILES string of the molecule is CCOC(=O)c1c(NC(=O)c2ccnn2C)sc(C(N)=O)c1C. The van der Waals surface area contributed by atoms with Gasteiger partial charge in [0, 0.05) is 13.2 Å². The summed E-state index contributed by atoms with van der Waals surface area (Å²) < 4.78 is 6.38. The van der Waals surface area contributed by atoms with Crippen LogP contribution < -0.4 is 11.1 Å². The standard InChI is InChI=1S/C14H16N4O4S/c1-4-22-14(21)9-7(2)10(11(15)19)23-13(9)17-12(20)8-5-6-16-18(8)3/h5-6H,4H2,1-3H3,(H2,15,19)(H,17,20). The summed E-state index contributed by atoms with van der Waals surface area (Å²) in [5.41, 5.74) is 6.15. The summed E-state index contributed by atoms with van der Waals surface area (Å²) >= 11 is 0.943. The number of anilines is 1. The maximum Gasteiger partial charge on any atom is 0.341 e. The lowest BCUT2D eigenvalue weighted by molar-refractivity contribution is 0.0527. The first-order valence-corrected chi connectivity index (χ1v) is 7.58. The van der Waals surface area contributed by atoms with Crippen molar-refractivity contribution in [1.82, 2.24) is 9.78 Å². The van der Waals surface area contributed by atoms with Crippen molar-refractivity contribution < 1.29 is 19.1 Å². The lowest BCUT2D eigenvalue weighted by Gasteiger charge is -2.07. The van der Waals surface area contributed by atoms with Crippen molar-refractivity contribution in [2.24, 2.45) is 12.8 Å². The molecule has 0 atom stereocenters. The Hall–Kier alpha value is -2.68. The average Bonchev–Trinajstić information content (AvgIpc) is 3.03. The maximum absolute atomic E-state index is 12.3. The van der Waals surface area contributed by atoms with Crippen LogP contribution in [0.4, 0.5) is 5.00 Å². The Labute approximate surface area is 136 Å². The van der Waals surface area contributed by atoms with Gasteiger partial charge in [0.2, 0.25) is 0 Å². The number of esters is 1. The maximum atomic E-state index is 12.3. The van der Waals surface area contributed by atoms with E-state index in [0.717, 1.165) is 11.3 Å². The second-order valence-corrected chi connectivity index (χ2v) is 5.66. The van der Waals surface area contributed by atoms with Crippen LogP contribution in [0.2, 0.25) is 0 Å². The fraction of sp³-hybridized carbons (Fsp3) is 0.286. The van der Waals surface area contributed by atoms with E-state index in [4.69, 9.17) is 10.5 Å². The second kappa shape index (κ2) is 6.61. The predicted octanol–water partition coefficient (Wildman–Crippen LogP) is 1.32. The van der Waals surface area contributed by atoms with E-state index in [1.807, 2.05) is 0 Å². The molecule has 122 valence electrons. The summed E-state index contributed by atoms with van der Waals surface area (Å²) in [6, 6.07) is 1.54. The molecule has 0 spiro atoms. The molecule has 8 nitrogen and oxygen atoms in total. The van der Waals surface area contributed by atoms with Crippen molar-refractivity contribution in [3.05, 3.63) is 34.0 Å². The Kier molecular flexibility index (Phi) is 4.80. The third-order valence-corrected chi connectivity index (χ3v) is 4.35. The summed E-state index contributed by atoms with van der Waals surface area (Å²) in [5.74, 6) is -1.74. The molecule has 0 unspecified atom stereocenters. The number of nitrogens with two attached hydrogens (primary N) is 1. The fourth-order valence-electron chi connectivity index (χ4n) is 2.05. The number of aromatic nitrogens is 2. The van der Waals surface area contributed by atoms with Gasteiger partial charge < -0.3 is 15.8 Å². The first-order valence-electron chi connectivity index (χ1n) is 6.76. The number of thiophene rings is 1. The Morgan fingerprint density at radius 1 is 1.43 bits per heavy atom. The number of rotatable bonds is 5. The highest BCUT2D eigenvalue weighted by Gasteiger charge is 2.26. The van der Waals surface area contributed by atoms with Gasteiger partial charge in [-0.2, -0.15) is 5.10 Å². The molecule has 0 aromatic carbocycles. The van der Waals surface area contributed by atoms with Crippen LogP contribution in [0.1, 0.15) is 43.0 Å². The van der Waals surface area contributed by atoms with E-state index >= 15 is 0 Å². The van der Waals surface area contributed by atoms with E-state index in [1.54, 1.807) is 20.9 Å².